The van der Waals surface area contributed by atoms with Gasteiger partial charge in [0.15, 0.2) is 5.82 Å². The van der Waals surface area contributed by atoms with Crippen LogP contribution >= 0.6 is 0 Å². The number of halogens is 1. The second-order valence-electron chi connectivity index (χ2n) is 9.24. The van der Waals surface area contributed by atoms with E-state index in [1.54, 1.807) is 18.2 Å². The number of anilines is 2. The lowest BCUT2D eigenvalue weighted by molar-refractivity contribution is 0.102. The first-order chi connectivity index (χ1) is 19.5. The van der Waals surface area contributed by atoms with E-state index in [2.05, 4.69) is 10.4 Å². The number of nitrogens with zero attached hydrogens (tertiary/aromatic N) is 2. The van der Waals surface area contributed by atoms with Crippen molar-refractivity contribution in [2.24, 2.45) is 0 Å². The molecule has 0 aliphatic carbocycles. The second kappa shape index (κ2) is 10.3. The van der Waals surface area contributed by atoms with Gasteiger partial charge in [0, 0.05) is 11.3 Å². The van der Waals surface area contributed by atoms with E-state index in [-0.39, 0.29) is 24.1 Å². The zero-order chi connectivity index (χ0) is 27.6. The summed E-state index contributed by atoms with van der Waals surface area (Å²) in [6.45, 7) is 0.113. The number of carbonyl (C=O) groups is 2. The fraction of sp³-hybridized carbons (Fsp3) is 0.0312. The maximum absolute atomic E-state index is 13.2. The number of nitrogens with two attached hydrogens (primary N) is 1. The monoisotopic (exact) mass is 530 g/mol. The maximum Gasteiger partial charge on any atom is 0.435 e. The Kier molecular flexibility index (Phi) is 6.41. The number of fused-ring (bicyclic) bond motifs is 2. The summed E-state index contributed by atoms with van der Waals surface area (Å²) in [5.74, 6) is -0.470. The van der Waals surface area contributed by atoms with Gasteiger partial charge >= 0.3 is 6.09 Å². The standard InChI is InChI=1S/C32H23FN4O3/c33-23-13-15-24(16-14-23)35-31(38)27-10-4-8-21-18-22(12-17-25(21)27)26-9-5-11-28-29(26)30(34)36-37(28)32(39)40-19-20-6-2-1-3-7-20/h1-18H,19H2,(H2,34,36)(H,35,38). The molecule has 5 aromatic carbocycles. The van der Waals surface area contributed by atoms with Gasteiger partial charge in [0.25, 0.3) is 5.91 Å². The highest BCUT2D eigenvalue weighted by molar-refractivity contribution is 6.14. The topological polar surface area (TPSA) is 99.2 Å². The molecule has 0 spiro atoms. The third-order valence-electron chi connectivity index (χ3n) is 6.65. The molecule has 3 N–H and O–H groups in total. The molecular weight excluding hydrogens is 507 g/mol. The molecule has 0 aliphatic rings. The van der Waals surface area contributed by atoms with Gasteiger partial charge in [-0.25, -0.2) is 9.18 Å². The van der Waals surface area contributed by atoms with Crippen molar-refractivity contribution in [1.82, 2.24) is 9.78 Å². The average Bonchev–Trinajstić information content (AvgIpc) is 3.33. The Balaban J connectivity index is 1.32. The molecule has 1 heterocycles. The SMILES string of the molecule is Nc1nn(C(=O)OCc2ccccc2)c2cccc(-c3ccc4c(C(=O)Nc5ccc(F)cc5)cccc4c3)c12. The molecule has 0 bridgehead atoms. The van der Waals surface area contributed by atoms with Crippen LogP contribution in [0.1, 0.15) is 15.9 Å². The average molecular weight is 531 g/mol. The normalized spacial score (nSPS) is 11.0. The predicted molar refractivity (Wildman–Crippen MR) is 153 cm³/mol. The first kappa shape index (κ1) is 24.8. The molecule has 0 aliphatic heterocycles. The number of rotatable bonds is 5. The molecule has 8 heteroatoms. The van der Waals surface area contributed by atoms with Crippen molar-refractivity contribution in [2.75, 3.05) is 11.1 Å². The maximum atomic E-state index is 13.2. The van der Waals surface area contributed by atoms with Gasteiger partial charge < -0.3 is 15.8 Å². The van der Waals surface area contributed by atoms with Gasteiger partial charge in [-0.2, -0.15) is 4.68 Å². The number of nitrogens with one attached hydrogen (secondary N) is 1. The zero-order valence-electron chi connectivity index (χ0n) is 21.2. The predicted octanol–water partition coefficient (Wildman–Crippen LogP) is 7.02. The number of amides is 1. The Hall–Kier alpha value is -5.50. The molecule has 0 saturated heterocycles. The van der Waals surface area contributed by atoms with Crippen LogP contribution in [-0.2, 0) is 11.3 Å². The molecule has 6 aromatic rings. The summed E-state index contributed by atoms with van der Waals surface area (Å²) in [7, 11) is 0. The van der Waals surface area contributed by atoms with Gasteiger partial charge in [0.1, 0.15) is 12.4 Å². The van der Waals surface area contributed by atoms with E-state index >= 15 is 0 Å². The third-order valence-corrected chi connectivity index (χ3v) is 6.65. The van der Waals surface area contributed by atoms with Crippen LogP contribution in [0.3, 0.4) is 0 Å². The summed E-state index contributed by atoms with van der Waals surface area (Å²) >= 11 is 0. The van der Waals surface area contributed by atoms with E-state index in [0.717, 1.165) is 27.5 Å². The molecule has 1 aromatic heterocycles. The fourth-order valence-corrected chi connectivity index (χ4v) is 4.74. The molecule has 6 rings (SSSR count). The Bertz CT molecular complexity index is 1880. The molecular formula is C32H23FN4O3. The number of nitrogen functional groups attached to an aromatic ring is 1. The fourth-order valence-electron chi connectivity index (χ4n) is 4.74. The number of aromatic nitrogens is 2. The van der Waals surface area contributed by atoms with Crippen LogP contribution < -0.4 is 11.1 Å². The summed E-state index contributed by atoms with van der Waals surface area (Å²) in [5.41, 5.74) is 10.3. The van der Waals surface area contributed by atoms with Crippen LogP contribution in [0.15, 0.2) is 109 Å². The van der Waals surface area contributed by atoms with Crippen LogP contribution in [-0.4, -0.2) is 21.8 Å². The highest BCUT2D eigenvalue weighted by Crippen LogP contribution is 2.35. The highest BCUT2D eigenvalue weighted by atomic mass is 19.1. The summed E-state index contributed by atoms with van der Waals surface area (Å²) in [6.07, 6.45) is -0.627. The summed E-state index contributed by atoms with van der Waals surface area (Å²) < 4.78 is 19.9. The molecule has 196 valence electrons. The van der Waals surface area contributed by atoms with E-state index in [1.165, 1.54) is 28.9 Å². The molecule has 40 heavy (non-hydrogen) atoms. The van der Waals surface area contributed by atoms with Crippen LogP contribution in [0.5, 0.6) is 0 Å². The molecule has 0 fully saturated rings. The molecule has 0 atom stereocenters. The van der Waals surface area contributed by atoms with Crippen LogP contribution in [0.4, 0.5) is 20.7 Å². The summed E-state index contributed by atoms with van der Waals surface area (Å²) in [5, 5.41) is 9.32. The largest absolute Gasteiger partial charge is 0.443 e. The number of hydrogen-bond acceptors (Lipinski definition) is 5. The van der Waals surface area contributed by atoms with E-state index in [0.29, 0.717) is 22.2 Å². The van der Waals surface area contributed by atoms with E-state index in [9.17, 15) is 14.0 Å². The lowest BCUT2D eigenvalue weighted by atomic mass is 9.96. The minimum Gasteiger partial charge on any atom is -0.443 e. The van der Waals surface area contributed by atoms with Gasteiger partial charge in [-0.15, -0.1) is 5.10 Å². The lowest BCUT2D eigenvalue weighted by Crippen LogP contribution is -2.15. The second-order valence-corrected chi connectivity index (χ2v) is 9.24. The van der Waals surface area contributed by atoms with E-state index in [4.69, 9.17) is 10.5 Å². The van der Waals surface area contributed by atoms with Crippen molar-refractivity contribution >= 4 is 45.2 Å². The van der Waals surface area contributed by atoms with Crippen molar-refractivity contribution in [2.45, 2.75) is 6.61 Å². The third kappa shape index (κ3) is 4.74. The minimum atomic E-state index is -0.627. The first-order valence-corrected chi connectivity index (χ1v) is 12.6. The molecule has 7 nitrogen and oxygen atoms in total. The van der Waals surface area contributed by atoms with Crippen LogP contribution in [0, 0.1) is 5.82 Å². The molecule has 0 saturated carbocycles. The van der Waals surface area contributed by atoms with Crippen molar-refractivity contribution < 1.29 is 18.7 Å². The van der Waals surface area contributed by atoms with Gasteiger partial charge in [-0.1, -0.05) is 66.7 Å². The molecule has 1 amide bonds. The van der Waals surface area contributed by atoms with Gasteiger partial charge in [-0.3, -0.25) is 4.79 Å². The molecule has 0 radical (unpaired) electrons. The number of benzene rings is 5. The lowest BCUT2D eigenvalue weighted by Gasteiger charge is -2.11. The van der Waals surface area contributed by atoms with Crippen molar-refractivity contribution in [3.05, 3.63) is 126 Å². The van der Waals surface area contributed by atoms with Crippen molar-refractivity contribution in [3.63, 3.8) is 0 Å². The summed E-state index contributed by atoms with van der Waals surface area (Å²) in [6, 6.07) is 31.7. The smallest absolute Gasteiger partial charge is 0.435 e. The van der Waals surface area contributed by atoms with Crippen LogP contribution in [0.25, 0.3) is 32.8 Å². The minimum absolute atomic E-state index is 0.113. The molecule has 0 unspecified atom stereocenters. The van der Waals surface area contributed by atoms with Gasteiger partial charge in [0.2, 0.25) is 0 Å². The quantitative estimate of drug-likeness (QED) is 0.250. The van der Waals surface area contributed by atoms with Crippen molar-refractivity contribution in [1.29, 1.82) is 0 Å². The van der Waals surface area contributed by atoms with Crippen LogP contribution in [0.2, 0.25) is 0 Å². The Morgan fingerprint density at radius 1 is 0.875 bits per heavy atom. The highest BCUT2D eigenvalue weighted by Gasteiger charge is 2.19. The number of carbonyl (C=O) groups excluding carboxylic acids is 2. The summed E-state index contributed by atoms with van der Waals surface area (Å²) in [4.78, 5) is 25.9. The number of ether oxygens (including phenoxy) is 1. The Labute approximate surface area is 228 Å². The zero-order valence-corrected chi connectivity index (χ0v) is 21.2. The number of hydrogen-bond donors (Lipinski definition) is 2. The Morgan fingerprint density at radius 3 is 2.45 bits per heavy atom. The Morgan fingerprint density at radius 2 is 1.65 bits per heavy atom. The van der Waals surface area contributed by atoms with Gasteiger partial charge in [0.05, 0.1) is 10.9 Å². The van der Waals surface area contributed by atoms with E-state index < -0.39 is 6.09 Å². The van der Waals surface area contributed by atoms with Gasteiger partial charge in [-0.05, 0) is 69.9 Å². The van der Waals surface area contributed by atoms with E-state index in [1.807, 2.05) is 66.7 Å². The first-order valence-electron chi connectivity index (χ1n) is 12.6. The van der Waals surface area contributed by atoms with Crippen molar-refractivity contribution in [3.8, 4) is 11.1 Å².